The summed E-state index contributed by atoms with van der Waals surface area (Å²) in [5, 5.41) is 29.6. The second kappa shape index (κ2) is 7.56. The van der Waals surface area contributed by atoms with Crippen LogP contribution in [0.4, 0.5) is 10.3 Å². The van der Waals surface area contributed by atoms with Crippen molar-refractivity contribution in [2.45, 2.75) is 57.4 Å². The minimum atomic E-state index is -1.12. The van der Waals surface area contributed by atoms with Gasteiger partial charge in [-0.15, -0.1) is 10.2 Å². The van der Waals surface area contributed by atoms with Gasteiger partial charge < -0.3 is 15.7 Å². The molecule has 4 rings (SSSR count). The second-order valence-corrected chi connectivity index (χ2v) is 9.36. The Bertz CT molecular complexity index is 1080. The fraction of sp³-hybridized carbons (Fsp3) is 0.455. The summed E-state index contributed by atoms with van der Waals surface area (Å²) in [5.41, 5.74) is 1.61. The predicted octanol–water partition coefficient (Wildman–Crippen LogP) is 3.31. The standard InChI is InChI=1S/C22H28FN7O/c1-21(2)11-16(19(23)22(3,4)29-21)25-20-24-12-17(26-27-20)14-7-6-13(10-18(14)31)15-8-9-30(5)28-15/h6-10,12,16,19,29,31H,11H2,1-5H3,(H,24,25,27)/t16?,19-/m0/s1. The number of hydrogen-bond donors (Lipinski definition) is 3. The van der Waals surface area contributed by atoms with Gasteiger partial charge in [-0.2, -0.15) is 5.10 Å². The molecule has 0 spiro atoms. The first kappa shape index (κ1) is 21.2. The van der Waals surface area contributed by atoms with E-state index in [9.17, 15) is 9.50 Å². The molecule has 9 heteroatoms. The molecule has 2 atom stereocenters. The smallest absolute Gasteiger partial charge is 0.243 e. The Balaban J connectivity index is 1.52. The van der Waals surface area contributed by atoms with Crippen LogP contribution in [0, 0.1) is 0 Å². The Morgan fingerprint density at radius 2 is 1.94 bits per heavy atom. The molecule has 0 bridgehead atoms. The highest BCUT2D eigenvalue weighted by atomic mass is 19.1. The Kier molecular flexibility index (Phi) is 5.17. The van der Waals surface area contributed by atoms with Crippen molar-refractivity contribution < 1.29 is 9.50 Å². The van der Waals surface area contributed by atoms with Gasteiger partial charge in [-0.05, 0) is 52.3 Å². The molecule has 0 aliphatic carbocycles. The lowest BCUT2D eigenvalue weighted by Crippen LogP contribution is -2.67. The highest BCUT2D eigenvalue weighted by Gasteiger charge is 2.46. The van der Waals surface area contributed by atoms with E-state index < -0.39 is 17.8 Å². The SMILES string of the molecule is Cn1ccc(-c2ccc(-c3cnc(NC4CC(C)(C)NC(C)(C)[C@H]4F)nn3)c(O)c2)n1. The van der Waals surface area contributed by atoms with E-state index in [1.807, 2.05) is 39.2 Å². The fourth-order valence-electron chi connectivity index (χ4n) is 4.38. The summed E-state index contributed by atoms with van der Waals surface area (Å²) in [7, 11) is 1.84. The van der Waals surface area contributed by atoms with E-state index >= 15 is 0 Å². The van der Waals surface area contributed by atoms with E-state index in [0.717, 1.165) is 11.3 Å². The van der Waals surface area contributed by atoms with E-state index in [1.54, 1.807) is 16.8 Å². The molecule has 1 unspecified atom stereocenters. The number of anilines is 1. The van der Waals surface area contributed by atoms with Crippen molar-refractivity contribution >= 4 is 5.95 Å². The third-order valence-electron chi connectivity index (χ3n) is 5.59. The topological polar surface area (TPSA) is 101 Å². The molecule has 1 saturated heterocycles. The number of phenolic OH excluding ortho intramolecular Hbond substituents is 1. The van der Waals surface area contributed by atoms with Gasteiger partial charge in [0.25, 0.3) is 0 Å². The fourth-order valence-corrected chi connectivity index (χ4v) is 4.38. The number of alkyl halides is 1. The maximum absolute atomic E-state index is 15.0. The van der Waals surface area contributed by atoms with Crippen molar-refractivity contribution in [3.63, 3.8) is 0 Å². The number of aryl methyl sites for hydroxylation is 1. The van der Waals surface area contributed by atoms with E-state index in [1.165, 1.54) is 6.20 Å². The molecule has 164 valence electrons. The van der Waals surface area contributed by atoms with Crippen LogP contribution < -0.4 is 10.6 Å². The molecule has 0 amide bonds. The molecule has 8 nitrogen and oxygen atoms in total. The summed E-state index contributed by atoms with van der Waals surface area (Å²) in [4.78, 5) is 4.31. The third kappa shape index (κ3) is 4.36. The minimum Gasteiger partial charge on any atom is -0.507 e. The number of aromatic hydroxyl groups is 1. The van der Waals surface area contributed by atoms with Crippen molar-refractivity contribution in [1.82, 2.24) is 30.3 Å². The molecule has 1 aromatic carbocycles. The lowest BCUT2D eigenvalue weighted by Gasteiger charge is -2.48. The molecule has 31 heavy (non-hydrogen) atoms. The normalized spacial score (nSPS) is 22.3. The number of aromatic nitrogens is 5. The monoisotopic (exact) mass is 425 g/mol. The van der Waals surface area contributed by atoms with Crippen LogP contribution in [-0.4, -0.2) is 53.4 Å². The van der Waals surface area contributed by atoms with Crippen LogP contribution in [0.25, 0.3) is 22.5 Å². The van der Waals surface area contributed by atoms with Gasteiger partial charge in [-0.1, -0.05) is 6.07 Å². The molecular weight excluding hydrogens is 397 g/mol. The zero-order valence-corrected chi connectivity index (χ0v) is 18.4. The van der Waals surface area contributed by atoms with Crippen LogP contribution in [0.1, 0.15) is 34.1 Å². The van der Waals surface area contributed by atoms with Gasteiger partial charge in [0.1, 0.15) is 17.6 Å². The van der Waals surface area contributed by atoms with Crippen LogP contribution in [0.3, 0.4) is 0 Å². The zero-order chi connectivity index (χ0) is 22.4. The number of benzene rings is 1. The maximum atomic E-state index is 15.0. The average Bonchev–Trinajstić information content (AvgIpc) is 3.12. The molecule has 1 fully saturated rings. The largest absolute Gasteiger partial charge is 0.507 e. The van der Waals surface area contributed by atoms with Crippen LogP contribution >= 0.6 is 0 Å². The number of rotatable bonds is 4. The minimum absolute atomic E-state index is 0.0608. The number of nitrogens with zero attached hydrogens (tertiary/aromatic N) is 5. The van der Waals surface area contributed by atoms with Crippen LogP contribution in [-0.2, 0) is 7.05 Å². The summed E-state index contributed by atoms with van der Waals surface area (Å²) in [6.07, 6.45) is 2.83. The van der Waals surface area contributed by atoms with Crippen molar-refractivity contribution in [3.8, 4) is 28.3 Å². The summed E-state index contributed by atoms with van der Waals surface area (Å²) in [6, 6.07) is 6.69. The summed E-state index contributed by atoms with van der Waals surface area (Å²) < 4.78 is 16.7. The molecule has 0 radical (unpaired) electrons. The molecule has 2 aromatic heterocycles. The number of nitrogens with one attached hydrogen (secondary N) is 2. The highest BCUT2D eigenvalue weighted by Crippen LogP contribution is 2.33. The maximum Gasteiger partial charge on any atom is 0.243 e. The van der Waals surface area contributed by atoms with Gasteiger partial charge >= 0.3 is 0 Å². The van der Waals surface area contributed by atoms with E-state index in [2.05, 4.69) is 44.8 Å². The zero-order valence-electron chi connectivity index (χ0n) is 18.4. The Morgan fingerprint density at radius 3 is 2.55 bits per heavy atom. The second-order valence-electron chi connectivity index (χ2n) is 9.36. The van der Waals surface area contributed by atoms with Crippen molar-refractivity contribution in [2.75, 3.05) is 5.32 Å². The first-order chi connectivity index (χ1) is 14.5. The molecule has 3 heterocycles. The van der Waals surface area contributed by atoms with Crippen LogP contribution in [0.15, 0.2) is 36.7 Å². The highest BCUT2D eigenvalue weighted by molar-refractivity contribution is 5.72. The van der Waals surface area contributed by atoms with Gasteiger partial charge in [0.05, 0.1) is 17.9 Å². The van der Waals surface area contributed by atoms with Crippen molar-refractivity contribution in [3.05, 3.63) is 36.7 Å². The number of phenols is 1. The van der Waals surface area contributed by atoms with Crippen LogP contribution in [0.2, 0.25) is 0 Å². The van der Waals surface area contributed by atoms with Crippen molar-refractivity contribution in [2.24, 2.45) is 7.05 Å². The average molecular weight is 426 g/mol. The number of hydrogen-bond acceptors (Lipinski definition) is 7. The lowest BCUT2D eigenvalue weighted by molar-refractivity contribution is 0.0654. The molecule has 1 aliphatic heterocycles. The molecule has 3 aromatic rings. The Morgan fingerprint density at radius 1 is 1.16 bits per heavy atom. The number of halogens is 1. The predicted molar refractivity (Wildman–Crippen MR) is 117 cm³/mol. The van der Waals surface area contributed by atoms with E-state index in [0.29, 0.717) is 17.7 Å². The summed E-state index contributed by atoms with van der Waals surface area (Å²) >= 11 is 0. The van der Waals surface area contributed by atoms with Crippen LogP contribution in [0.5, 0.6) is 5.75 Å². The Hall–Kier alpha value is -3.07. The van der Waals surface area contributed by atoms with Gasteiger partial charge in [0.2, 0.25) is 5.95 Å². The van der Waals surface area contributed by atoms with E-state index in [-0.39, 0.29) is 17.2 Å². The molecular formula is C22H28FN7O. The molecule has 1 aliphatic rings. The van der Waals surface area contributed by atoms with Gasteiger partial charge in [-0.3, -0.25) is 4.68 Å². The van der Waals surface area contributed by atoms with Crippen molar-refractivity contribution in [1.29, 1.82) is 0 Å². The molecule has 0 saturated carbocycles. The summed E-state index contributed by atoms with van der Waals surface area (Å²) in [5.74, 6) is 0.320. The lowest BCUT2D eigenvalue weighted by atomic mass is 9.78. The van der Waals surface area contributed by atoms with E-state index in [4.69, 9.17) is 0 Å². The Labute approximate surface area is 180 Å². The molecule has 3 N–H and O–H groups in total. The third-order valence-corrected chi connectivity index (χ3v) is 5.59. The quantitative estimate of drug-likeness (QED) is 0.589. The first-order valence-electron chi connectivity index (χ1n) is 10.3. The first-order valence-corrected chi connectivity index (χ1v) is 10.3. The van der Waals surface area contributed by atoms with Gasteiger partial charge in [0.15, 0.2) is 0 Å². The van der Waals surface area contributed by atoms with Gasteiger partial charge in [-0.25, -0.2) is 9.37 Å². The summed E-state index contributed by atoms with van der Waals surface area (Å²) in [6.45, 7) is 7.81. The van der Waals surface area contributed by atoms with Gasteiger partial charge in [0, 0.05) is 35.4 Å². The number of piperidine rings is 1.